The van der Waals surface area contributed by atoms with Gasteiger partial charge in [-0.2, -0.15) is 5.10 Å². The van der Waals surface area contributed by atoms with E-state index in [1.807, 2.05) is 60.7 Å². The second-order valence-electron chi connectivity index (χ2n) is 6.00. The number of benzene rings is 3. The van der Waals surface area contributed by atoms with Crippen molar-refractivity contribution in [3.05, 3.63) is 93.4 Å². The summed E-state index contributed by atoms with van der Waals surface area (Å²) in [6, 6.07) is 26.4. The number of fused-ring (bicyclic) bond motifs is 1. The van der Waals surface area contributed by atoms with E-state index in [9.17, 15) is 0 Å². The lowest BCUT2D eigenvalue weighted by Gasteiger charge is -2.10. The van der Waals surface area contributed by atoms with Crippen LogP contribution in [-0.4, -0.2) is 11.2 Å². The summed E-state index contributed by atoms with van der Waals surface area (Å²) in [6.45, 7) is 0. The summed E-state index contributed by atoms with van der Waals surface area (Å²) in [5.74, 6) is 0.706. The number of hydrogen-bond donors (Lipinski definition) is 1. The molecule has 0 saturated carbocycles. The molecule has 0 bridgehead atoms. The second kappa shape index (κ2) is 8.03. The molecule has 132 valence electrons. The molecule has 0 saturated heterocycles. The Morgan fingerprint density at radius 3 is 2.33 bits per heavy atom. The third-order valence-electron chi connectivity index (χ3n) is 4.12. The molecular formula is C22H15Br2N3. The molecule has 0 aliphatic heterocycles. The molecule has 1 N–H and O–H groups in total. The molecule has 0 atom stereocenters. The van der Waals surface area contributed by atoms with Crippen LogP contribution in [0.15, 0.2) is 92.9 Å². The van der Waals surface area contributed by atoms with E-state index in [0.29, 0.717) is 5.82 Å². The van der Waals surface area contributed by atoms with Crippen LogP contribution in [0.2, 0.25) is 0 Å². The Bertz CT molecular complexity index is 1110. The monoisotopic (exact) mass is 479 g/mol. The van der Waals surface area contributed by atoms with Gasteiger partial charge in [-0.25, -0.2) is 4.98 Å². The van der Waals surface area contributed by atoms with E-state index in [0.717, 1.165) is 36.5 Å². The fraction of sp³-hybridized carbons (Fsp3) is 0. The zero-order valence-electron chi connectivity index (χ0n) is 14.2. The van der Waals surface area contributed by atoms with Crippen molar-refractivity contribution in [1.82, 2.24) is 4.98 Å². The van der Waals surface area contributed by atoms with Crippen molar-refractivity contribution in [3.63, 3.8) is 0 Å². The average molecular weight is 481 g/mol. The number of nitrogens with zero attached hydrogens (tertiary/aromatic N) is 2. The Morgan fingerprint density at radius 1 is 0.815 bits per heavy atom. The second-order valence-corrected chi connectivity index (χ2v) is 7.84. The highest BCUT2D eigenvalue weighted by atomic mass is 79.9. The molecule has 0 radical (unpaired) electrons. The summed E-state index contributed by atoms with van der Waals surface area (Å²) < 4.78 is 2.07. The van der Waals surface area contributed by atoms with Gasteiger partial charge in [-0.1, -0.05) is 74.3 Å². The zero-order valence-corrected chi connectivity index (χ0v) is 17.4. The molecular weight excluding hydrogens is 466 g/mol. The van der Waals surface area contributed by atoms with Crippen LogP contribution in [0.3, 0.4) is 0 Å². The minimum absolute atomic E-state index is 0.706. The summed E-state index contributed by atoms with van der Waals surface area (Å²) in [5, 5.41) is 5.43. The predicted molar refractivity (Wildman–Crippen MR) is 120 cm³/mol. The zero-order chi connectivity index (χ0) is 18.6. The van der Waals surface area contributed by atoms with Gasteiger partial charge in [-0.05, 0) is 53.1 Å². The number of pyridine rings is 1. The van der Waals surface area contributed by atoms with Gasteiger partial charge >= 0.3 is 0 Å². The van der Waals surface area contributed by atoms with E-state index in [1.54, 1.807) is 6.21 Å². The van der Waals surface area contributed by atoms with Crippen LogP contribution in [0.4, 0.5) is 5.82 Å². The van der Waals surface area contributed by atoms with Crippen molar-refractivity contribution in [3.8, 4) is 11.1 Å². The summed E-state index contributed by atoms with van der Waals surface area (Å²) in [5.41, 5.74) is 7.25. The van der Waals surface area contributed by atoms with Crippen molar-refractivity contribution >= 4 is 54.8 Å². The molecule has 1 aromatic heterocycles. The van der Waals surface area contributed by atoms with Gasteiger partial charge in [-0.15, -0.1) is 0 Å². The first-order valence-corrected chi connectivity index (χ1v) is 9.98. The highest BCUT2D eigenvalue weighted by Gasteiger charge is 2.08. The molecule has 0 aliphatic rings. The Hall–Kier alpha value is -2.50. The largest absolute Gasteiger partial charge is 0.261 e. The van der Waals surface area contributed by atoms with Crippen LogP contribution in [0.5, 0.6) is 0 Å². The molecule has 0 aliphatic carbocycles. The number of nitrogens with one attached hydrogen (secondary N) is 1. The van der Waals surface area contributed by atoms with Crippen molar-refractivity contribution in [2.75, 3.05) is 5.43 Å². The first-order chi connectivity index (χ1) is 13.2. The van der Waals surface area contributed by atoms with Gasteiger partial charge in [0.05, 0.1) is 11.7 Å². The molecule has 27 heavy (non-hydrogen) atoms. The Kier molecular flexibility index (Phi) is 5.32. The van der Waals surface area contributed by atoms with Gasteiger partial charge in [0.2, 0.25) is 0 Å². The fourth-order valence-electron chi connectivity index (χ4n) is 2.83. The Labute approximate surface area is 174 Å². The standard InChI is InChI=1S/C22H15Br2N3/c23-17-8-6-15(7-9-17)14-25-27-22-13-19(16-4-2-1-3-5-16)20-12-18(24)10-11-21(20)26-22/h1-14H,(H,26,27)/b25-14-. The average Bonchev–Trinajstić information content (AvgIpc) is 2.70. The van der Waals surface area contributed by atoms with Crippen molar-refractivity contribution in [1.29, 1.82) is 0 Å². The van der Waals surface area contributed by atoms with Crippen LogP contribution in [0.1, 0.15) is 5.56 Å². The van der Waals surface area contributed by atoms with E-state index in [4.69, 9.17) is 4.98 Å². The summed E-state index contributed by atoms with van der Waals surface area (Å²) >= 11 is 7.00. The van der Waals surface area contributed by atoms with E-state index < -0.39 is 0 Å². The van der Waals surface area contributed by atoms with Crippen LogP contribution >= 0.6 is 31.9 Å². The van der Waals surface area contributed by atoms with Crippen molar-refractivity contribution in [2.45, 2.75) is 0 Å². The van der Waals surface area contributed by atoms with Gasteiger partial charge in [-0.3, -0.25) is 5.43 Å². The fourth-order valence-corrected chi connectivity index (χ4v) is 3.46. The Morgan fingerprint density at radius 2 is 1.56 bits per heavy atom. The van der Waals surface area contributed by atoms with Gasteiger partial charge in [0.1, 0.15) is 5.82 Å². The van der Waals surface area contributed by atoms with Crippen LogP contribution in [0.25, 0.3) is 22.0 Å². The molecule has 4 rings (SSSR count). The quantitative estimate of drug-likeness (QED) is 0.255. The number of hydrogen-bond acceptors (Lipinski definition) is 3. The molecule has 0 unspecified atom stereocenters. The highest BCUT2D eigenvalue weighted by molar-refractivity contribution is 9.10. The molecule has 3 nitrogen and oxygen atoms in total. The third-order valence-corrected chi connectivity index (χ3v) is 5.14. The number of anilines is 1. The SMILES string of the molecule is Brc1ccc(/C=N\Nc2cc(-c3ccccc3)c3cc(Br)ccc3n2)cc1. The summed E-state index contributed by atoms with van der Waals surface area (Å²) in [6.07, 6.45) is 1.78. The lowest BCUT2D eigenvalue weighted by molar-refractivity contribution is 1.26. The number of halogens is 2. The Balaban J connectivity index is 1.71. The lowest BCUT2D eigenvalue weighted by Crippen LogP contribution is -1.96. The van der Waals surface area contributed by atoms with Crippen LogP contribution < -0.4 is 5.43 Å². The maximum atomic E-state index is 4.69. The summed E-state index contributed by atoms with van der Waals surface area (Å²) in [4.78, 5) is 4.69. The normalized spacial score (nSPS) is 11.2. The van der Waals surface area contributed by atoms with Gasteiger partial charge in [0, 0.05) is 14.3 Å². The molecule has 4 aromatic rings. The first kappa shape index (κ1) is 17.9. The van der Waals surface area contributed by atoms with Crippen LogP contribution in [0, 0.1) is 0 Å². The summed E-state index contributed by atoms with van der Waals surface area (Å²) in [7, 11) is 0. The number of hydrazone groups is 1. The predicted octanol–water partition coefficient (Wildman–Crippen LogP) is 6.87. The molecule has 0 spiro atoms. The van der Waals surface area contributed by atoms with E-state index in [1.165, 1.54) is 0 Å². The third kappa shape index (κ3) is 4.26. The van der Waals surface area contributed by atoms with Gasteiger partial charge < -0.3 is 0 Å². The van der Waals surface area contributed by atoms with E-state index in [2.05, 4.69) is 60.6 Å². The maximum Gasteiger partial charge on any atom is 0.147 e. The highest BCUT2D eigenvalue weighted by Crippen LogP contribution is 2.32. The maximum absolute atomic E-state index is 4.69. The minimum atomic E-state index is 0.706. The molecule has 5 heteroatoms. The number of aromatic nitrogens is 1. The smallest absolute Gasteiger partial charge is 0.147 e. The van der Waals surface area contributed by atoms with Crippen LogP contribution in [-0.2, 0) is 0 Å². The lowest BCUT2D eigenvalue weighted by atomic mass is 10.0. The van der Waals surface area contributed by atoms with Gasteiger partial charge in [0.25, 0.3) is 0 Å². The number of rotatable bonds is 4. The molecule has 1 heterocycles. The van der Waals surface area contributed by atoms with Crippen molar-refractivity contribution in [2.24, 2.45) is 5.10 Å². The van der Waals surface area contributed by atoms with E-state index in [-0.39, 0.29) is 0 Å². The van der Waals surface area contributed by atoms with E-state index >= 15 is 0 Å². The first-order valence-electron chi connectivity index (χ1n) is 8.39. The van der Waals surface area contributed by atoms with Crippen molar-refractivity contribution < 1.29 is 0 Å². The molecule has 0 fully saturated rings. The molecule has 3 aromatic carbocycles. The van der Waals surface area contributed by atoms with Gasteiger partial charge in [0.15, 0.2) is 0 Å². The molecule has 0 amide bonds. The minimum Gasteiger partial charge on any atom is -0.261 e. The topological polar surface area (TPSA) is 37.3 Å².